The molecule has 0 bridgehead atoms. The third-order valence-electron chi connectivity index (χ3n) is 8.49. The van der Waals surface area contributed by atoms with Gasteiger partial charge in [0.1, 0.15) is 0 Å². The summed E-state index contributed by atoms with van der Waals surface area (Å²) in [5, 5.41) is 0. The summed E-state index contributed by atoms with van der Waals surface area (Å²) in [7, 11) is 0. The molecule has 4 rings (SSSR count). The van der Waals surface area contributed by atoms with Crippen molar-refractivity contribution in [3.8, 4) is 0 Å². The Morgan fingerprint density at radius 3 is 2.73 bits per heavy atom. The van der Waals surface area contributed by atoms with Gasteiger partial charge in [-0.25, -0.2) is 0 Å². The second kappa shape index (κ2) is 6.66. The van der Waals surface area contributed by atoms with Crippen LogP contribution in [-0.2, 0) is 0 Å². The Balaban J connectivity index is 1.66. The van der Waals surface area contributed by atoms with Crippen LogP contribution in [0.4, 0.5) is 0 Å². The molecule has 0 aromatic rings. The van der Waals surface area contributed by atoms with E-state index in [1.54, 1.807) is 0 Å². The predicted molar refractivity (Wildman–Crippen MR) is 112 cm³/mol. The van der Waals surface area contributed by atoms with Gasteiger partial charge >= 0.3 is 0 Å². The van der Waals surface area contributed by atoms with Gasteiger partial charge in [-0.15, -0.1) is 0 Å². The predicted octanol–water partition coefficient (Wildman–Crippen LogP) is 7.04. The molecule has 0 heterocycles. The van der Waals surface area contributed by atoms with Gasteiger partial charge in [0.25, 0.3) is 0 Å². The molecule has 26 heavy (non-hydrogen) atoms. The Hall–Kier alpha value is -1.37. The molecule has 0 aliphatic heterocycles. The van der Waals surface area contributed by atoms with Crippen LogP contribution in [0.15, 0.2) is 52.2 Å². The molecule has 0 radical (unpaired) electrons. The van der Waals surface area contributed by atoms with Crippen molar-refractivity contribution in [1.29, 1.82) is 0 Å². The molecule has 1 nitrogen and oxygen atoms in total. The van der Waals surface area contributed by atoms with Gasteiger partial charge in [0.15, 0.2) is 0 Å². The molecule has 2 fully saturated rings. The highest BCUT2D eigenvalue weighted by Gasteiger charge is 2.56. The van der Waals surface area contributed by atoms with E-state index in [2.05, 4.69) is 56.8 Å². The third-order valence-corrected chi connectivity index (χ3v) is 8.49. The molecule has 5 atom stereocenters. The number of rotatable bonds is 3. The van der Waals surface area contributed by atoms with E-state index < -0.39 is 0 Å². The highest BCUT2D eigenvalue weighted by Crippen LogP contribution is 2.65. The standard InChI is InChI=1S/C25H35N/c1-5-8-18(17-26-4)21-12-13-22-20-11-10-19-9-6-7-15-24(19,2)23(20)14-16-25(21,22)3/h5,8,10,12,17,20,22-23H,4,6-7,9,11,13-16H2,1-3H3. The van der Waals surface area contributed by atoms with Crippen LogP contribution < -0.4 is 0 Å². The smallest absolute Gasteiger partial charge is 0.0335 e. The molecule has 5 unspecified atom stereocenters. The largest absolute Gasteiger partial charge is 0.272 e. The summed E-state index contributed by atoms with van der Waals surface area (Å²) in [4.78, 5) is 4.10. The van der Waals surface area contributed by atoms with Gasteiger partial charge in [0.2, 0.25) is 0 Å². The van der Waals surface area contributed by atoms with Crippen molar-refractivity contribution < 1.29 is 0 Å². The topological polar surface area (TPSA) is 12.4 Å². The summed E-state index contributed by atoms with van der Waals surface area (Å²) < 4.78 is 0. The molecule has 1 heteroatoms. The second-order valence-electron chi connectivity index (χ2n) is 9.54. The van der Waals surface area contributed by atoms with Crippen LogP contribution in [0.25, 0.3) is 0 Å². The molecular formula is C25H35N. The maximum Gasteiger partial charge on any atom is 0.0335 e. The quantitative estimate of drug-likeness (QED) is 0.294. The normalized spacial score (nSPS) is 42.6. The molecule has 2 saturated carbocycles. The first-order valence-corrected chi connectivity index (χ1v) is 10.7. The molecule has 4 aliphatic rings. The van der Waals surface area contributed by atoms with E-state index in [0.29, 0.717) is 10.8 Å². The number of hydrogen-bond donors (Lipinski definition) is 0. The molecule has 0 aromatic heterocycles. The number of nitrogens with zero attached hydrogens (tertiary/aromatic N) is 1. The molecule has 0 N–H and O–H groups in total. The van der Waals surface area contributed by atoms with E-state index in [1.165, 1.54) is 62.5 Å². The minimum absolute atomic E-state index is 0.313. The van der Waals surface area contributed by atoms with Crippen LogP contribution in [-0.4, -0.2) is 6.72 Å². The van der Waals surface area contributed by atoms with Crippen molar-refractivity contribution in [2.24, 2.45) is 33.6 Å². The van der Waals surface area contributed by atoms with E-state index in [1.807, 2.05) is 11.8 Å². The Bertz CT molecular complexity index is 706. The third kappa shape index (κ3) is 2.53. The first-order chi connectivity index (χ1) is 12.5. The number of hydrogen-bond acceptors (Lipinski definition) is 1. The number of allylic oxidation sites excluding steroid dienone is 7. The molecular weight excluding hydrogens is 314 g/mol. The van der Waals surface area contributed by atoms with Gasteiger partial charge in [0, 0.05) is 6.20 Å². The summed E-state index contributed by atoms with van der Waals surface area (Å²) in [6, 6.07) is 0. The molecule has 0 amide bonds. The highest BCUT2D eigenvalue weighted by molar-refractivity contribution is 5.48. The van der Waals surface area contributed by atoms with Crippen molar-refractivity contribution in [2.45, 2.75) is 72.1 Å². The maximum atomic E-state index is 4.10. The zero-order valence-corrected chi connectivity index (χ0v) is 16.9. The highest BCUT2D eigenvalue weighted by atomic mass is 14.6. The van der Waals surface area contributed by atoms with E-state index >= 15 is 0 Å². The summed E-state index contributed by atoms with van der Waals surface area (Å²) >= 11 is 0. The molecule has 0 aromatic carbocycles. The van der Waals surface area contributed by atoms with Crippen LogP contribution in [0.1, 0.15) is 72.1 Å². The first-order valence-electron chi connectivity index (χ1n) is 10.7. The molecule has 0 spiro atoms. The van der Waals surface area contributed by atoms with Gasteiger partial charge in [0.05, 0.1) is 0 Å². The monoisotopic (exact) mass is 349 g/mol. The average molecular weight is 350 g/mol. The van der Waals surface area contributed by atoms with E-state index in [4.69, 9.17) is 0 Å². The molecule has 140 valence electrons. The van der Waals surface area contributed by atoms with Crippen LogP contribution in [0.5, 0.6) is 0 Å². The zero-order valence-electron chi connectivity index (χ0n) is 16.9. The first kappa shape index (κ1) is 18.0. The molecule has 0 saturated heterocycles. The Kier molecular flexibility index (Phi) is 4.61. The van der Waals surface area contributed by atoms with Crippen molar-refractivity contribution in [1.82, 2.24) is 0 Å². The van der Waals surface area contributed by atoms with E-state index in [-0.39, 0.29) is 0 Å². The summed E-state index contributed by atoms with van der Waals surface area (Å²) in [5.41, 5.74) is 5.44. The summed E-state index contributed by atoms with van der Waals surface area (Å²) in [6.07, 6.45) is 22.5. The lowest BCUT2D eigenvalue weighted by molar-refractivity contribution is -0.0159. The van der Waals surface area contributed by atoms with Gasteiger partial charge < -0.3 is 0 Å². The van der Waals surface area contributed by atoms with Crippen LogP contribution in [0, 0.1) is 28.6 Å². The van der Waals surface area contributed by atoms with Crippen molar-refractivity contribution >= 4 is 6.72 Å². The average Bonchev–Trinajstić information content (AvgIpc) is 2.98. The van der Waals surface area contributed by atoms with Crippen LogP contribution in [0.2, 0.25) is 0 Å². The van der Waals surface area contributed by atoms with E-state index in [9.17, 15) is 0 Å². The summed E-state index contributed by atoms with van der Waals surface area (Å²) in [5.74, 6) is 2.56. The zero-order chi connectivity index (χ0) is 18.4. The Morgan fingerprint density at radius 2 is 1.96 bits per heavy atom. The van der Waals surface area contributed by atoms with Crippen LogP contribution in [0.3, 0.4) is 0 Å². The fraction of sp³-hybridized carbons (Fsp3) is 0.640. The minimum Gasteiger partial charge on any atom is -0.272 e. The summed E-state index contributed by atoms with van der Waals surface area (Å²) in [6.45, 7) is 10.9. The fourth-order valence-corrected chi connectivity index (χ4v) is 7.19. The van der Waals surface area contributed by atoms with Gasteiger partial charge in [-0.3, -0.25) is 4.99 Å². The Labute approximate surface area is 160 Å². The van der Waals surface area contributed by atoms with Crippen molar-refractivity contribution in [3.63, 3.8) is 0 Å². The molecule has 4 aliphatic carbocycles. The minimum atomic E-state index is 0.313. The van der Waals surface area contributed by atoms with Crippen molar-refractivity contribution in [3.05, 3.63) is 47.2 Å². The van der Waals surface area contributed by atoms with Crippen LogP contribution >= 0.6 is 0 Å². The fourth-order valence-electron chi connectivity index (χ4n) is 7.19. The lowest BCUT2D eigenvalue weighted by Crippen LogP contribution is -2.49. The Morgan fingerprint density at radius 1 is 1.12 bits per heavy atom. The number of aliphatic imine (C=N–C) groups is 1. The second-order valence-corrected chi connectivity index (χ2v) is 9.54. The van der Waals surface area contributed by atoms with Gasteiger partial charge in [-0.1, -0.05) is 50.1 Å². The lowest BCUT2D eigenvalue weighted by atomic mass is 9.47. The number of fused-ring (bicyclic) bond motifs is 5. The van der Waals surface area contributed by atoms with Gasteiger partial charge in [-0.2, -0.15) is 0 Å². The maximum absolute atomic E-state index is 4.10. The van der Waals surface area contributed by atoms with E-state index in [0.717, 1.165) is 17.8 Å². The van der Waals surface area contributed by atoms with Crippen molar-refractivity contribution in [2.75, 3.05) is 0 Å². The SMILES string of the molecule is C=NC=C(C=CC)C1=CCC2C3CC=C4CCCCC4(C)C3CCC12C. The van der Waals surface area contributed by atoms with Gasteiger partial charge in [-0.05, 0) is 98.3 Å². The lowest BCUT2D eigenvalue weighted by Gasteiger charge is -2.57.